The highest BCUT2D eigenvalue weighted by Gasteiger charge is 2.05. The fourth-order valence-electron chi connectivity index (χ4n) is 1.38. The second-order valence-corrected chi connectivity index (χ2v) is 4.10. The summed E-state index contributed by atoms with van der Waals surface area (Å²) in [5.74, 6) is -1.67. The zero-order chi connectivity index (χ0) is 13.8. The van der Waals surface area contributed by atoms with Crippen LogP contribution in [0, 0.1) is 0 Å². The third kappa shape index (κ3) is 9.63. The second kappa shape index (κ2) is 10.6. The van der Waals surface area contributed by atoms with Gasteiger partial charge in [0.1, 0.15) is 0 Å². The molecule has 0 aromatic heterocycles. The van der Waals surface area contributed by atoms with Crippen molar-refractivity contribution in [1.82, 2.24) is 0 Å². The molecule has 0 aliphatic heterocycles. The van der Waals surface area contributed by atoms with Crippen LogP contribution >= 0.6 is 0 Å². The molecule has 0 atom stereocenters. The van der Waals surface area contributed by atoms with Gasteiger partial charge in [-0.1, -0.05) is 45.6 Å². The van der Waals surface area contributed by atoms with Crippen LogP contribution in [0.1, 0.15) is 45.4 Å². The average molecular weight is 254 g/mol. The Hall–Kier alpha value is -1.58. The SMILES string of the molecule is C=C(C=CC(=O)O)C(=O)OCCCCCCCC. The van der Waals surface area contributed by atoms with Crippen LogP contribution in [0.25, 0.3) is 0 Å². The first-order chi connectivity index (χ1) is 8.57. The summed E-state index contributed by atoms with van der Waals surface area (Å²) in [4.78, 5) is 21.6. The number of ether oxygens (including phenoxy) is 1. The lowest BCUT2D eigenvalue weighted by Crippen LogP contribution is -2.07. The Bertz CT molecular complexity index is 305. The van der Waals surface area contributed by atoms with E-state index in [4.69, 9.17) is 9.84 Å². The maximum atomic E-state index is 11.3. The van der Waals surface area contributed by atoms with Crippen LogP contribution in [-0.4, -0.2) is 23.7 Å². The van der Waals surface area contributed by atoms with Gasteiger partial charge >= 0.3 is 11.9 Å². The number of carbonyl (C=O) groups excluding carboxylic acids is 1. The molecule has 4 nitrogen and oxygen atoms in total. The summed E-state index contributed by atoms with van der Waals surface area (Å²) in [7, 11) is 0. The molecule has 1 N–H and O–H groups in total. The summed E-state index contributed by atoms with van der Waals surface area (Å²) in [6.45, 7) is 5.97. The van der Waals surface area contributed by atoms with Crippen molar-refractivity contribution in [2.24, 2.45) is 0 Å². The molecular weight excluding hydrogens is 232 g/mol. The van der Waals surface area contributed by atoms with Gasteiger partial charge in [-0.05, 0) is 12.5 Å². The predicted octanol–water partition coefficient (Wildman–Crippen LogP) is 3.09. The molecule has 0 saturated heterocycles. The van der Waals surface area contributed by atoms with Crippen molar-refractivity contribution in [3.8, 4) is 0 Å². The Labute approximate surface area is 108 Å². The van der Waals surface area contributed by atoms with Gasteiger partial charge in [0.15, 0.2) is 0 Å². The van der Waals surface area contributed by atoms with Gasteiger partial charge in [-0.2, -0.15) is 0 Å². The second-order valence-electron chi connectivity index (χ2n) is 4.10. The first-order valence-electron chi connectivity index (χ1n) is 6.35. The number of rotatable bonds is 10. The van der Waals surface area contributed by atoms with Crippen LogP contribution in [0.15, 0.2) is 24.3 Å². The summed E-state index contributed by atoms with van der Waals surface area (Å²) in [5, 5.41) is 8.38. The molecule has 0 aliphatic carbocycles. The standard InChI is InChI=1S/C14H22O4/c1-3-4-5-6-7-8-11-18-14(17)12(2)9-10-13(15)16/h9-10H,2-8,11H2,1H3,(H,15,16). The lowest BCUT2D eigenvalue weighted by molar-refractivity contribution is -0.138. The average Bonchev–Trinajstić information content (AvgIpc) is 2.34. The van der Waals surface area contributed by atoms with Crippen molar-refractivity contribution in [3.63, 3.8) is 0 Å². The smallest absolute Gasteiger partial charge is 0.337 e. The number of carboxylic acids is 1. The van der Waals surface area contributed by atoms with Gasteiger partial charge < -0.3 is 9.84 Å². The van der Waals surface area contributed by atoms with E-state index in [9.17, 15) is 9.59 Å². The van der Waals surface area contributed by atoms with E-state index in [0.717, 1.165) is 31.4 Å². The van der Waals surface area contributed by atoms with Crippen LogP contribution in [0.4, 0.5) is 0 Å². The van der Waals surface area contributed by atoms with Crippen LogP contribution < -0.4 is 0 Å². The van der Waals surface area contributed by atoms with Gasteiger partial charge in [0.05, 0.1) is 12.2 Å². The monoisotopic (exact) mass is 254 g/mol. The molecule has 0 rings (SSSR count). The zero-order valence-corrected chi connectivity index (χ0v) is 11.0. The molecule has 0 unspecified atom stereocenters. The molecular formula is C14H22O4. The first-order valence-corrected chi connectivity index (χ1v) is 6.35. The Balaban J connectivity index is 3.58. The number of carbonyl (C=O) groups is 2. The molecule has 0 bridgehead atoms. The molecule has 18 heavy (non-hydrogen) atoms. The molecule has 0 spiro atoms. The van der Waals surface area contributed by atoms with Crippen LogP contribution in [0.2, 0.25) is 0 Å². The van der Waals surface area contributed by atoms with Gasteiger partial charge in [-0.25, -0.2) is 9.59 Å². The Morgan fingerprint density at radius 1 is 1.11 bits per heavy atom. The molecule has 0 heterocycles. The molecule has 0 fully saturated rings. The van der Waals surface area contributed by atoms with Crippen molar-refractivity contribution in [3.05, 3.63) is 24.3 Å². The summed E-state index contributed by atoms with van der Waals surface area (Å²) >= 11 is 0. The lowest BCUT2D eigenvalue weighted by atomic mass is 10.1. The highest BCUT2D eigenvalue weighted by atomic mass is 16.5. The fourth-order valence-corrected chi connectivity index (χ4v) is 1.38. The first kappa shape index (κ1) is 16.4. The van der Waals surface area contributed by atoms with Gasteiger partial charge in [0.25, 0.3) is 0 Å². The number of esters is 1. The molecule has 4 heteroatoms. The van der Waals surface area contributed by atoms with Crippen LogP contribution in [0.3, 0.4) is 0 Å². The van der Waals surface area contributed by atoms with E-state index in [0.29, 0.717) is 6.61 Å². The zero-order valence-electron chi connectivity index (χ0n) is 11.0. The maximum Gasteiger partial charge on any atom is 0.337 e. The topological polar surface area (TPSA) is 63.6 Å². The van der Waals surface area contributed by atoms with Crippen molar-refractivity contribution >= 4 is 11.9 Å². The molecule has 0 aromatic rings. The van der Waals surface area contributed by atoms with Gasteiger partial charge in [0, 0.05) is 6.08 Å². The highest BCUT2D eigenvalue weighted by Crippen LogP contribution is 2.05. The van der Waals surface area contributed by atoms with E-state index < -0.39 is 11.9 Å². The molecule has 0 aliphatic rings. The van der Waals surface area contributed by atoms with E-state index >= 15 is 0 Å². The maximum absolute atomic E-state index is 11.3. The Kier molecular flexibility index (Phi) is 9.64. The highest BCUT2D eigenvalue weighted by molar-refractivity contribution is 5.93. The number of hydrogen-bond donors (Lipinski definition) is 1. The normalized spacial score (nSPS) is 10.5. The molecule has 0 radical (unpaired) electrons. The van der Waals surface area contributed by atoms with Gasteiger partial charge in [-0.3, -0.25) is 0 Å². The summed E-state index contributed by atoms with van der Waals surface area (Å²) in [5.41, 5.74) is 0.0587. The van der Waals surface area contributed by atoms with Crippen molar-refractivity contribution < 1.29 is 19.4 Å². The van der Waals surface area contributed by atoms with Crippen molar-refractivity contribution in [2.75, 3.05) is 6.61 Å². The predicted molar refractivity (Wildman–Crippen MR) is 70.3 cm³/mol. The largest absolute Gasteiger partial charge is 0.478 e. The van der Waals surface area contributed by atoms with E-state index in [1.165, 1.54) is 19.3 Å². The number of carboxylic acid groups (broad SMARTS) is 1. The number of aliphatic carboxylic acids is 1. The van der Waals surface area contributed by atoms with Crippen molar-refractivity contribution in [1.29, 1.82) is 0 Å². The molecule has 0 aromatic carbocycles. The Morgan fingerprint density at radius 2 is 1.72 bits per heavy atom. The summed E-state index contributed by atoms with van der Waals surface area (Å²) in [6, 6.07) is 0. The van der Waals surface area contributed by atoms with E-state index in [2.05, 4.69) is 13.5 Å². The third-order valence-electron chi connectivity index (χ3n) is 2.42. The summed E-state index contributed by atoms with van der Waals surface area (Å²) in [6.07, 6.45) is 8.74. The summed E-state index contributed by atoms with van der Waals surface area (Å²) < 4.78 is 4.96. The van der Waals surface area contributed by atoms with Crippen molar-refractivity contribution in [2.45, 2.75) is 45.4 Å². The van der Waals surface area contributed by atoms with E-state index in [1.807, 2.05) is 0 Å². The van der Waals surface area contributed by atoms with E-state index in [1.54, 1.807) is 0 Å². The number of unbranched alkanes of at least 4 members (excludes halogenated alkanes) is 5. The fraction of sp³-hybridized carbons (Fsp3) is 0.571. The quantitative estimate of drug-likeness (QED) is 0.281. The van der Waals surface area contributed by atoms with Gasteiger partial charge in [0.2, 0.25) is 0 Å². The minimum atomic E-state index is -1.11. The molecule has 0 amide bonds. The van der Waals surface area contributed by atoms with Crippen LogP contribution in [-0.2, 0) is 14.3 Å². The number of hydrogen-bond acceptors (Lipinski definition) is 3. The van der Waals surface area contributed by atoms with E-state index in [-0.39, 0.29) is 5.57 Å². The van der Waals surface area contributed by atoms with Crippen LogP contribution in [0.5, 0.6) is 0 Å². The van der Waals surface area contributed by atoms with Gasteiger partial charge in [-0.15, -0.1) is 0 Å². The lowest BCUT2D eigenvalue weighted by Gasteiger charge is -2.04. The minimum Gasteiger partial charge on any atom is -0.478 e. The molecule has 102 valence electrons. The minimum absolute atomic E-state index is 0.0587. The Morgan fingerprint density at radius 3 is 2.33 bits per heavy atom. The molecule has 0 saturated carbocycles. The third-order valence-corrected chi connectivity index (χ3v) is 2.42.